The third kappa shape index (κ3) is 5.69. The minimum absolute atomic E-state index is 0.154. The zero-order chi connectivity index (χ0) is 21.2. The maximum Gasteiger partial charge on any atom is 0.333 e. The number of urea groups is 1. The molecule has 0 aromatic heterocycles. The molecule has 6 heteroatoms. The fourth-order valence-electron chi connectivity index (χ4n) is 3.15. The SMILES string of the molecule is N#Cc1ccc(C(=O)NNC(=O)NCCC(c2ccccc2)c2ccccc2)cc1. The summed E-state index contributed by atoms with van der Waals surface area (Å²) in [6.07, 6.45) is 0.713. The molecular weight excluding hydrogens is 376 g/mol. The van der Waals surface area contributed by atoms with Gasteiger partial charge in [-0.1, -0.05) is 60.7 Å². The molecule has 0 fully saturated rings. The molecule has 0 aliphatic carbocycles. The van der Waals surface area contributed by atoms with Gasteiger partial charge in [-0.2, -0.15) is 5.26 Å². The Bertz CT molecular complexity index is 973. The molecule has 3 N–H and O–H groups in total. The first-order chi connectivity index (χ1) is 14.7. The summed E-state index contributed by atoms with van der Waals surface area (Å²) >= 11 is 0. The monoisotopic (exact) mass is 398 g/mol. The van der Waals surface area contributed by atoms with Crippen LogP contribution in [0.2, 0.25) is 0 Å². The van der Waals surface area contributed by atoms with Crippen molar-refractivity contribution in [3.05, 3.63) is 107 Å². The number of nitriles is 1. The number of hydrazine groups is 1. The molecule has 3 amide bonds. The molecule has 0 unspecified atom stereocenters. The fraction of sp³-hybridized carbons (Fsp3) is 0.125. The number of carbonyl (C=O) groups excluding carboxylic acids is 2. The van der Waals surface area contributed by atoms with Gasteiger partial charge in [0.25, 0.3) is 5.91 Å². The highest BCUT2D eigenvalue weighted by atomic mass is 16.2. The molecule has 0 heterocycles. The minimum Gasteiger partial charge on any atom is -0.337 e. The van der Waals surface area contributed by atoms with Gasteiger partial charge in [-0.25, -0.2) is 10.2 Å². The van der Waals surface area contributed by atoms with Crippen molar-refractivity contribution < 1.29 is 9.59 Å². The van der Waals surface area contributed by atoms with Crippen LogP contribution in [0.5, 0.6) is 0 Å². The van der Waals surface area contributed by atoms with E-state index >= 15 is 0 Å². The molecule has 0 aliphatic heterocycles. The van der Waals surface area contributed by atoms with E-state index in [9.17, 15) is 9.59 Å². The molecule has 0 atom stereocenters. The second-order valence-corrected chi connectivity index (χ2v) is 6.69. The number of benzene rings is 3. The van der Waals surface area contributed by atoms with Gasteiger partial charge in [-0.05, 0) is 41.8 Å². The molecule has 0 bridgehead atoms. The lowest BCUT2D eigenvalue weighted by Gasteiger charge is -2.18. The van der Waals surface area contributed by atoms with Gasteiger partial charge in [0.1, 0.15) is 0 Å². The standard InChI is InChI=1S/C24H22N4O2/c25-17-18-11-13-21(14-12-18)23(29)27-28-24(30)26-16-15-22(19-7-3-1-4-8-19)20-9-5-2-6-10-20/h1-14,22H,15-16H2,(H,27,29)(H2,26,28,30). The number of rotatable bonds is 6. The second-order valence-electron chi connectivity index (χ2n) is 6.69. The van der Waals surface area contributed by atoms with Crippen LogP contribution in [0, 0.1) is 11.3 Å². The molecule has 6 nitrogen and oxygen atoms in total. The van der Waals surface area contributed by atoms with Crippen LogP contribution in [0.3, 0.4) is 0 Å². The van der Waals surface area contributed by atoms with Crippen molar-refractivity contribution in [2.24, 2.45) is 0 Å². The fourth-order valence-corrected chi connectivity index (χ4v) is 3.15. The van der Waals surface area contributed by atoms with Crippen LogP contribution in [0.1, 0.15) is 39.4 Å². The number of nitrogens with zero attached hydrogens (tertiary/aromatic N) is 1. The molecular formula is C24H22N4O2. The van der Waals surface area contributed by atoms with Crippen molar-refractivity contribution in [3.8, 4) is 6.07 Å². The molecule has 3 rings (SSSR count). The van der Waals surface area contributed by atoms with E-state index in [0.29, 0.717) is 24.1 Å². The quantitative estimate of drug-likeness (QED) is 0.552. The zero-order valence-corrected chi connectivity index (χ0v) is 16.3. The largest absolute Gasteiger partial charge is 0.337 e. The third-order valence-corrected chi connectivity index (χ3v) is 4.69. The van der Waals surface area contributed by atoms with Crippen molar-refractivity contribution in [2.45, 2.75) is 12.3 Å². The molecule has 0 radical (unpaired) electrons. The van der Waals surface area contributed by atoms with E-state index in [2.05, 4.69) is 40.4 Å². The number of amides is 3. The predicted octanol–water partition coefficient (Wildman–Crippen LogP) is 3.72. The van der Waals surface area contributed by atoms with Gasteiger partial charge in [0.2, 0.25) is 0 Å². The molecule has 3 aromatic carbocycles. The normalized spacial score (nSPS) is 10.1. The molecule has 0 saturated carbocycles. The van der Waals surface area contributed by atoms with Crippen LogP contribution in [-0.4, -0.2) is 18.5 Å². The Morgan fingerprint density at radius 3 is 1.90 bits per heavy atom. The average Bonchev–Trinajstić information content (AvgIpc) is 2.81. The highest BCUT2D eigenvalue weighted by molar-refractivity contribution is 5.95. The predicted molar refractivity (Wildman–Crippen MR) is 115 cm³/mol. The Hall–Kier alpha value is -4.11. The smallest absolute Gasteiger partial charge is 0.333 e. The van der Waals surface area contributed by atoms with E-state index in [1.54, 1.807) is 12.1 Å². The first kappa shape index (κ1) is 20.6. The van der Waals surface area contributed by atoms with Gasteiger partial charge in [0.05, 0.1) is 11.6 Å². The third-order valence-electron chi connectivity index (χ3n) is 4.69. The lowest BCUT2D eigenvalue weighted by Crippen LogP contribution is -2.47. The highest BCUT2D eigenvalue weighted by Gasteiger charge is 2.14. The van der Waals surface area contributed by atoms with Crippen molar-refractivity contribution in [1.82, 2.24) is 16.2 Å². The molecule has 150 valence electrons. The van der Waals surface area contributed by atoms with Gasteiger partial charge in [-0.15, -0.1) is 0 Å². The molecule has 0 saturated heterocycles. The van der Waals surface area contributed by atoms with Crippen LogP contribution in [0.25, 0.3) is 0 Å². The summed E-state index contributed by atoms with van der Waals surface area (Å²) in [4.78, 5) is 24.1. The Kier molecular flexibility index (Phi) is 7.17. The summed E-state index contributed by atoms with van der Waals surface area (Å²) in [5.41, 5.74) is 7.87. The van der Waals surface area contributed by atoms with Crippen LogP contribution >= 0.6 is 0 Å². The maximum atomic E-state index is 12.1. The van der Waals surface area contributed by atoms with Crippen LogP contribution in [0.4, 0.5) is 4.79 Å². The van der Waals surface area contributed by atoms with Gasteiger partial charge in [-0.3, -0.25) is 10.2 Å². The highest BCUT2D eigenvalue weighted by Crippen LogP contribution is 2.27. The van der Waals surface area contributed by atoms with Crippen LogP contribution < -0.4 is 16.2 Å². The first-order valence-electron chi connectivity index (χ1n) is 9.61. The van der Waals surface area contributed by atoms with E-state index in [1.165, 1.54) is 23.3 Å². The Morgan fingerprint density at radius 2 is 1.37 bits per heavy atom. The van der Waals surface area contributed by atoms with Gasteiger partial charge in [0, 0.05) is 18.0 Å². The lowest BCUT2D eigenvalue weighted by molar-refractivity contribution is 0.0936. The molecule has 3 aromatic rings. The zero-order valence-electron chi connectivity index (χ0n) is 16.3. The number of hydrogen-bond acceptors (Lipinski definition) is 3. The molecule has 30 heavy (non-hydrogen) atoms. The summed E-state index contributed by atoms with van der Waals surface area (Å²) < 4.78 is 0. The summed E-state index contributed by atoms with van der Waals surface area (Å²) in [6, 6.07) is 27.9. The van der Waals surface area contributed by atoms with E-state index in [0.717, 1.165) is 0 Å². The van der Waals surface area contributed by atoms with E-state index in [1.807, 2.05) is 42.5 Å². The van der Waals surface area contributed by atoms with Crippen molar-refractivity contribution in [2.75, 3.05) is 6.54 Å². The summed E-state index contributed by atoms with van der Waals surface area (Å²) in [6.45, 7) is 0.438. The van der Waals surface area contributed by atoms with Crippen molar-refractivity contribution >= 4 is 11.9 Å². The van der Waals surface area contributed by atoms with E-state index in [4.69, 9.17) is 5.26 Å². The Morgan fingerprint density at radius 1 is 0.800 bits per heavy atom. The molecule has 0 spiro atoms. The molecule has 0 aliphatic rings. The van der Waals surface area contributed by atoms with Crippen molar-refractivity contribution in [3.63, 3.8) is 0 Å². The summed E-state index contributed by atoms with van der Waals surface area (Å²) in [5, 5.41) is 11.6. The first-order valence-corrected chi connectivity index (χ1v) is 9.61. The van der Waals surface area contributed by atoms with Gasteiger partial charge < -0.3 is 5.32 Å². The second kappa shape index (κ2) is 10.4. The van der Waals surface area contributed by atoms with E-state index < -0.39 is 11.9 Å². The Labute approximate surface area is 175 Å². The number of nitrogens with one attached hydrogen (secondary N) is 3. The summed E-state index contributed by atoms with van der Waals surface area (Å²) in [5.74, 6) is -0.304. The van der Waals surface area contributed by atoms with Crippen molar-refractivity contribution in [1.29, 1.82) is 5.26 Å². The topological polar surface area (TPSA) is 94.0 Å². The lowest BCUT2D eigenvalue weighted by atomic mass is 9.88. The Balaban J connectivity index is 1.50. The minimum atomic E-state index is -0.489. The van der Waals surface area contributed by atoms with Crippen LogP contribution in [-0.2, 0) is 0 Å². The number of carbonyl (C=O) groups is 2. The number of hydrogen-bond donors (Lipinski definition) is 3. The summed E-state index contributed by atoms with van der Waals surface area (Å²) in [7, 11) is 0. The van der Waals surface area contributed by atoms with Crippen LogP contribution in [0.15, 0.2) is 84.9 Å². The van der Waals surface area contributed by atoms with E-state index in [-0.39, 0.29) is 5.92 Å². The average molecular weight is 398 g/mol. The maximum absolute atomic E-state index is 12.1. The van der Waals surface area contributed by atoms with Gasteiger partial charge >= 0.3 is 6.03 Å². The van der Waals surface area contributed by atoms with Gasteiger partial charge in [0.15, 0.2) is 0 Å².